The van der Waals surface area contributed by atoms with Gasteiger partial charge >= 0.3 is 5.95 Å². The Morgan fingerprint density at radius 3 is 2.67 bits per heavy atom. The van der Waals surface area contributed by atoms with Gasteiger partial charge in [-0.15, -0.1) is 0 Å². The fourth-order valence-corrected chi connectivity index (χ4v) is 2.53. The van der Waals surface area contributed by atoms with Crippen LogP contribution in [0, 0.1) is 0 Å². The maximum absolute atomic E-state index is 4.64. The van der Waals surface area contributed by atoms with Crippen LogP contribution in [-0.4, -0.2) is 21.0 Å². The molecule has 2 aromatic heterocycles. The van der Waals surface area contributed by atoms with Crippen molar-refractivity contribution in [3.63, 3.8) is 0 Å². The highest BCUT2D eigenvalue weighted by Crippen LogP contribution is 2.12. The number of nitrogens with one attached hydrogen (secondary N) is 1. The lowest BCUT2D eigenvalue weighted by Crippen LogP contribution is -3.00. The van der Waals surface area contributed by atoms with E-state index in [0.29, 0.717) is 0 Å². The summed E-state index contributed by atoms with van der Waals surface area (Å²) >= 11 is 8.83. The summed E-state index contributed by atoms with van der Waals surface area (Å²) in [5.41, 5.74) is 3.18. The summed E-state index contributed by atoms with van der Waals surface area (Å²) in [6.45, 7) is 0. The summed E-state index contributed by atoms with van der Waals surface area (Å²) in [5, 5.41) is 0.233. The molecule has 0 aliphatic heterocycles. The Morgan fingerprint density at radius 2 is 1.90 bits per heavy atom. The largest absolute Gasteiger partial charge is 1.00 e. The van der Waals surface area contributed by atoms with Gasteiger partial charge in [0, 0.05) is 17.4 Å². The number of hydrogen-bond acceptors (Lipinski definition) is 3. The number of H-pyrrole nitrogens is 1. The molecule has 0 fully saturated rings. The van der Waals surface area contributed by atoms with Gasteiger partial charge in [-0.3, -0.25) is 0 Å². The van der Waals surface area contributed by atoms with Gasteiger partial charge in [0.1, 0.15) is 5.52 Å². The maximum atomic E-state index is 4.64. The first-order chi connectivity index (χ1) is 9.78. The van der Waals surface area contributed by atoms with E-state index in [0.717, 1.165) is 29.2 Å². The van der Waals surface area contributed by atoms with Crippen LogP contribution in [0.25, 0.3) is 17.0 Å². The van der Waals surface area contributed by atoms with Gasteiger partial charge in [-0.05, 0) is 24.3 Å². The number of aromatic amines is 1. The van der Waals surface area contributed by atoms with Gasteiger partial charge in [-0.1, -0.05) is 23.2 Å². The number of halogens is 1. The molecule has 3 aromatic rings. The van der Waals surface area contributed by atoms with Crippen molar-refractivity contribution in [2.45, 2.75) is 11.7 Å². The third kappa shape index (κ3) is 3.54. The Balaban J connectivity index is 0.00000161. The topological polar surface area (TPSA) is 32.6 Å². The van der Waals surface area contributed by atoms with E-state index in [1.165, 1.54) is 5.69 Å². The van der Waals surface area contributed by atoms with Crippen LogP contribution in [0.2, 0.25) is 0 Å². The molecule has 0 radical (unpaired) electrons. The van der Waals surface area contributed by atoms with Gasteiger partial charge in [0.15, 0.2) is 5.52 Å². The summed E-state index contributed by atoms with van der Waals surface area (Å²) in [6, 6.07) is 14.2. The molecule has 0 bridgehead atoms. The number of para-hydroxylation sites is 2. The molecule has 0 amide bonds. The highest BCUT2D eigenvalue weighted by molar-refractivity contribution is 7.84. The highest BCUT2D eigenvalue weighted by Gasteiger charge is 2.17. The SMILES string of the molecule is SCC(S)Cc1cccc[n+]1-c1nc2ccccc2[nH]1.[Cl-]. The number of thiol groups is 2. The molecular formula is C15H16ClN3S2. The van der Waals surface area contributed by atoms with Crippen molar-refractivity contribution in [3.05, 3.63) is 54.4 Å². The third-order valence-corrected chi connectivity index (χ3v) is 4.30. The van der Waals surface area contributed by atoms with Crippen molar-refractivity contribution in [2.24, 2.45) is 0 Å². The van der Waals surface area contributed by atoms with Crippen LogP contribution in [0.15, 0.2) is 48.7 Å². The van der Waals surface area contributed by atoms with Gasteiger partial charge < -0.3 is 12.4 Å². The molecule has 0 spiro atoms. The number of pyridine rings is 1. The molecular weight excluding hydrogens is 322 g/mol. The number of rotatable bonds is 4. The van der Waals surface area contributed by atoms with E-state index in [4.69, 9.17) is 0 Å². The first-order valence-electron chi connectivity index (χ1n) is 6.51. The van der Waals surface area contributed by atoms with E-state index in [1.54, 1.807) is 0 Å². The van der Waals surface area contributed by atoms with E-state index in [9.17, 15) is 0 Å². The minimum absolute atomic E-state index is 0. The second-order valence-electron chi connectivity index (χ2n) is 4.68. The standard InChI is InChI=1S/C15H15N3S2.ClH/c19-10-12(20)9-11-5-3-4-8-18(11)15-16-13-6-1-2-7-14(13)17-15;/h1-8,12H,9-10H2,(H2-,16,17,19,20);1H. The summed E-state index contributed by atoms with van der Waals surface area (Å²) in [6.07, 6.45) is 2.87. The summed E-state index contributed by atoms with van der Waals surface area (Å²) in [5.74, 6) is 1.58. The van der Waals surface area contributed by atoms with E-state index < -0.39 is 0 Å². The number of nitrogens with zero attached hydrogens (tertiary/aromatic N) is 2. The Morgan fingerprint density at radius 1 is 1.14 bits per heavy atom. The van der Waals surface area contributed by atoms with Crippen molar-refractivity contribution < 1.29 is 17.0 Å². The normalized spacial score (nSPS) is 12.1. The maximum Gasteiger partial charge on any atom is 0.402 e. The molecule has 0 aliphatic rings. The zero-order chi connectivity index (χ0) is 13.9. The predicted octanol–water partition coefficient (Wildman–Crippen LogP) is -0.386. The van der Waals surface area contributed by atoms with Gasteiger partial charge in [-0.2, -0.15) is 25.3 Å². The first-order valence-corrected chi connectivity index (χ1v) is 7.66. The number of aromatic nitrogens is 3. The summed E-state index contributed by atoms with van der Waals surface area (Å²) < 4.78 is 2.08. The van der Waals surface area contributed by atoms with Crippen LogP contribution in [0.1, 0.15) is 5.69 Å². The number of benzene rings is 1. The van der Waals surface area contributed by atoms with Crippen LogP contribution in [0.3, 0.4) is 0 Å². The predicted molar refractivity (Wildman–Crippen MR) is 88.0 cm³/mol. The van der Waals surface area contributed by atoms with E-state index >= 15 is 0 Å². The van der Waals surface area contributed by atoms with E-state index in [-0.39, 0.29) is 17.7 Å². The minimum Gasteiger partial charge on any atom is -1.00 e. The molecule has 1 unspecified atom stereocenters. The Bertz CT molecular complexity index is 697. The average Bonchev–Trinajstić information content (AvgIpc) is 2.91. The van der Waals surface area contributed by atoms with E-state index in [1.807, 2.05) is 42.6 Å². The van der Waals surface area contributed by atoms with Crippen molar-refractivity contribution >= 4 is 36.3 Å². The molecule has 2 heterocycles. The lowest BCUT2D eigenvalue weighted by Gasteiger charge is -2.08. The molecule has 6 heteroatoms. The molecule has 0 saturated heterocycles. The molecule has 21 heavy (non-hydrogen) atoms. The molecule has 3 rings (SSSR count). The van der Waals surface area contributed by atoms with Crippen molar-refractivity contribution in [3.8, 4) is 5.95 Å². The average molecular weight is 338 g/mol. The lowest BCUT2D eigenvalue weighted by molar-refractivity contribution is -0.611. The van der Waals surface area contributed by atoms with Gasteiger partial charge in [0.2, 0.25) is 0 Å². The van der Waals surface area contributed by atoms with Crippen molar-refractivity contribution in [1.82, 2.24) is 9.97 Å². The molecule has 0 aliphatic carbocycles. The Hall–Kier alpha value is -1.17. The highest BCUT2D eigenvalue weighted by atomic mass is 35.5. The molecule has 1 aromatic carbocycles. The molecule has 1 atom stereocenters. The zero-order valence-electron chi connectivity index (χ0n) is 11.3. The Labute approximate surface area is 141 Å². The molecule has 0 saturated carbocycles. The second kappa shape index (κ2) is 7.20. The van der Waals surface area contributed by atoms with Gasteiger partial charge in [0.05, 0.1) is 11.9 Å². The monoisotopic (exact) mass is 337 g/mol. The fourth-order valence-electron chi connectivity index (χ4n) is 2.21. The van der Waals surface area contributed by atoms with Gasteiger partial charge in [-0.25, -0.2) is 9.55 Å². The quantitative estimate of drug-likeness (QED) is 0.440. The summed E-state index contributed by atoms with van der Waals surface area (Å²) in [4.78, 5) is 7.99. The number of hydrogen-bond donors (Lipinski definition) is 3. The third-order valence-electron chi connectivity index (χ3n) is 3.20. The molecule has 110 valence electrons. The van der Waals surface area contributed by atoms with Crippen LogP contribution in [0.5, 0.6) is 0 Å². The van der Waals surface area contributed by atoms with Crippen molar-refractivity contribution in [1.29, 1.82) is 0 Å². The fraction of sp³-hybridized carbons (Fsp3) is 0.200. The number of fused-ring (bicyclic) bond motifs is 1. The smallest absolute Gasteiger partial charge is 0.402 e. The first kappa shape index (κ1) is 16.2. The number of imidazole rings is 1. The van der Waals surface area contributed by atoms with Crippen molar-refractivity contribution in [2.75, 3.05) is 5.75 Å². The van der Waals surface area contributed by atoms with Crippen LogP contribution < -0.4 is 17.0 Å². The minimum atomic E-state index is 0. The van der Waals surface area contributed by atoms with Crippen LogP contribution >= 0.6 is 25.3 Å². The Kier molecular flexibility index (Phi) is 5.56. The lowest BCUT2D eigenvalue weighted by atomic mass is 10.2. The summed E-state index contributed by atoms with van der Waals surface area (Å²) in [7, 11) is 0. The van der Waals surface area contributed by atoms with E-state index in [2.05, 4.69) is 45.9 Å². The zero-order valence-corrected chi connectivity index (χ0v) is 13.8. The second-order valence-corrected chi connectivity index (χ2v) is 5.78. The molecule has 1 N–H and O–H groups in total. The van der Waals surface area contributed by atoms with Crippen LogP contribution in [0.4, 0.5) is 0 Å². The molecule has 3 nitrogen and oxygen atoms in total. The van der Waals surface area contributed by atoms with Gasteiger partial charge in [0.25, 0.3) is 0 Å². The van der Waals surface area contributed by atoms with Crippen LogP contribution in [-0.2, 0) is 6.42 Å².